The highest BCUT2D eigenvalue weighted by Gasteiger charge is 2.19. The molecule has 19 heavy (non-hydrogen) atoms. The zero-order chi connectivity index (χ0) is 13.5. The summed E-state index contributed by atoms with van der Waals surface area (Å²) >= 11 is 0. The number of aliphatic hydroxyl groups excluding tert-OH is 1. The maximum absolute atomic E-state index is 9.98. The Morgan fingerprint density at radius 1 is 1.21 bits per heavy atom. The Balaban J connectivity index is 1.71. The van der Waals surface area contributed by atoms with E-state index in [1.165, 1.54) is 4.90 Å². The van der Waals surface area contributed by atoms with Crippen molar-refractivity contribution in [3.63, 3.8) is 0 Å². The number of aliphatic hydroxyl groups is 1. The van der Waals surface area contributed by atoms with E-state index in [1.54, 1.807) is 7.11 Å². The van der Waals surface area contributed by atoms with Crippen molar-refractivity contribution < 1.29 is 24.8 Å². The van der Waals surface area contributed by atoms with Crippen LogP contribution in [0.5, 0.6) is 11.5 Å². The van der Waals surface area contributed by atoms with Crippen molar-refractivity contribution in [1.29, 1.82) is 0 Å². The molecule has 0 saturated carbocycles. The number of piperazine rings is 1. The van der Waals surface area contributed by atoms with Gasteiger partial charge < -0.3 is 24.8 Å². The number of hydrogen-bond acceptors (Lipinski definition) is 3. The lowest BCUT2D eigenvalue weighted by Gasteiger charge is -2.24. The van der Waals surface area contributed by atoms with Crippen LogP contribution in [-0.2, 0) is 0 Å². The van der Waals surface area contributed by atoms with E-state index in [0.29, 0.717) is 6.61 Å². The molecule has 2 rings (SSSR count). The van der Waals surface area contributed by atoms with Crippen LogP contribution in [0.1, 0.15) is 0 Å². The van der Waals surface area contributed by atoms with Gasteiger partial charge in [0.2, 0.25) is 0 Å². The van der Waals surface area contributed by atoms with Crippen molar-refractivity contribution in [2.75, 3.05) is 46.4 Å². The van der Waals surface area contributed by atoms with Gasteiger partial charge >= 0.3 is 0 Å². The van der Waals surface area contributed by atoms with Gasteiger partial charge in [0, 0.05) is 0 Å². The molecule has 0 bridgehead atoms. The van der Waals surface area contributed by atoms with Crippen LogP contribution in [0.3, 0.4) is 0 Å². The van der Waals surface area contributed by atoms with Gasteiger partial charge in [0.05, 0.1) is 7.11 Å². The van der Waals surface area contributed by atoms with E-state index >= 15 is 0 Å². The SMILES string of the molecule is COc1ccc(OC[C@@H](O)C[NH+]2CC[NH2+]CC2)cc1. The average Bonchev–Trinajstić information content (AvgIpc) is 2.47. The third kappa shape index (κ3) is 4.70. The van der Waals surface area contributed by atoms with E-state index in [2.05, 4.69) is 5.32 Å². The van der Waals surface area contributed by atoms with Gasteiger partial charge in [-0.3, -0.25) is 0 Å². The van der Waals surface area contributed by atoms with Crippen LogP contribution in [0, 0.1) is 0 Å². The molecule has 1 fully saturated rings. The molecule has 0 aliphatic carbocycles. The molecule has 1 aliphatic heterocycles. The van der Waals surface area contributed by atoms with Crippen molar-refractivity contribution in [2.45, 2.75) is 6.10 Å². The quantitative estimate of drug-likeness (QED) is 0.554. The van der Waals surface area contributed by atoms with Gasteiger partial charge in [-0.05, 0) is 24.3 Å². The molecule has 1 atom stereocenters. The summed E-state index contributed by atoms with van der Waals surface area (Å²) in [5, 5.41) is 12.3. The van der Waals surface area contributed by atoms with Crippen molar-refractivity contribution in [2.24, 2.45) is 0 Å². The maximum atomic E-state index is 9.98. The van der Waals surface area contributed by atoms with Gasteiger partial charge in [-0.1, -0.05) is 0 Å². The fourth-order valence-electron chi connectivity index (χ4n) is 2.34. The molecule has 106 valence electrons. The first-order valence-electron chi connectivity index (χ1n) is 6.88. The van der Waals surface area contributed by atoms with E-state index in [-0.39, 0.29) is 0 Å². The fraction of sp³-hybridized carbons (Fsp3) is 0.571. The number of rotatable bonds is 6. The molecular formula is C14H24N2O3+2. The first-order valence-corrected chi connectivity index (χ1v) is 6.88. The minimum Gasteiger partial charge on any atom is -0.497 e. The largest absolute Gasteiger partial charge is 0.497 e. The number of nitrogens with one attached hydrogen (secondary N) is 1. The molecule has 1 aromatic rings. The van der Waals surface area contributed by atoms with Crippen molar-refractivity contribution >= 4 is 0 Å². The molecule has 1 saturated heterocycles. The van der Waals surface area contributed by atoms with E-state index < -0.39 is 6.10 Å². The molecule has 0 aromatic heterocycles. The molecule has 0 spiro atoms. The van der Waals surface area contributed by atoms with Crippen LogP contribution in [-0.4, -0.2) is 57.7 Å². The monoisotopic (exact) mass is 268 g/mol. The summed E-state index contributed by atoms with van der Waals surface area (Å²) in [5.74, 6) is 1.57. The molecular weight excluding hydrogens is 244 g/mol. The molecule has 1 aromatic carbocycles. The summed E-state index contributed by atoms with van der Waals surface area (Å²) in [5.41, 5.74) is 0. The van der Waals surface area contributed by atoms with E-state index in [1.807, 2.05) is 24.3 Å². The number of methoxy groups -OCH3 is 1. The minimum absolute atomic E-state index is 0.347. The van der Waals surface area contributed by atoms with Crippen LogP contribution in [0.25, 0.3) is 0 Å². The Morgan fingerprint density at radius 3 is 2.47 bits per heavy atom. The molecule has 0 unspecified atom stereocenters. The van der Waals surface area contributed by atoms with Gasteiger partial charge in [-0.25, -0.2) is 0 Å². The fourth-order valence-corrected chi connectivity index (χ4v) is 2.34. The lowest BCUT2D eigenvalue weighted by atomic mass is 10.3. The highest BCUT2D eigenvalue weighted by atomic mass is 16.5. The van der Waals surface area contributed by atoms with Gasteiger partial charge in [0.1, 0.15) is 56.9 Å². The molecule has 5 heteroatoms. The molecule has 4 N–H and O–H groups in total. The molecule has 1 aliphatic rings. The van der Waals surface area contributed by atoms with Gasteiger partial charge in [-0.2, -0.15) is 0 Å². The Morgan fingerprint density at radius 2 is 1.84 bits per heavy atom. The predicted octanol–water partition coefficient (Wildman–Crippen LogP) is -2.10. The highest BCUT2D eigenvalue weighted by molar-refractivity contribution is 5.31. The van der Waals surface area contributed by atoms with Crippen LogP contribution < -0.4 is 19.7 Å². The zero-order valence-corrected chi connectivity index (χ0v) is 11.5. The summed E-state index contributed by atoms with van der Waals surface area (Å²) in [7, 11) is 1.64. The highest BCUT2D eigenvalue weighted by Crippen LogP contribution is 2.16. The van der Waals surface area contributed by atoms with Crippen LogP contribution in [0.2, 0.25) is 0 Å². The van der Waals surface area contributed by atoms with Crippen molar-refractivity contribution in [3.8, 4) is 11.5 Å². The van der Waals surface area contributed by atoms with Crippen LogP contribution in [0.15, 0.2) is 24.3 Å². The zero-order valence-electron chi connectivity index (χ0n) is 11.5. The minimum atomic E-state index is -0.407. The Bertz CT molecular complexity index is 363. The standard InChI is InChI=1S/C14H22N2O3/c1-18-13-2-4-14(5-3-13)19-11-12(17)10-16-8-6-15-7-9-16/h2-5,12,15,17H,6-11H2,1H3/p+2/t12-/m0/s1. The Kier molecular flexibility index (Phi) is 5.44. The van der Waals surface area contributed by atoms with Gasteiger partial charge in [0.15, 0.2) is 0 Å². The number of benzene rings is 1. The molecule has 0 amide bonds. The molecule has 1 heterocycles. The summed E-state index contributed by atoms with van der Waals surface area (Å²) in [4.78, 5) is 1.47. The second kappa shape index (κ2) is 7.33. The first-order chi connectivity index (χ1) is 9.28. The third-order valence-electron chi connectivity index (χ3n) is 3.43. The molecule has 5 nitrogen and oxygen atoms in total. The Labute approximate surface area is 114 Å². The van der Waals surface area contributed by atoms with Crippen LogP contribution >= 0.6 is 0 Å². The summed E-state index contributed by atoms with van der Waals surface area (Å²) in [6.07, 6.45) is -0.407. The predicted molar refractivity (Wildman–Crippen MR) is 71.7 cm³/mol. The second-order valence-corrected chi connectivity index (χ2v) is 4.96. The lowest BCUT2D eigenvalue weighted by molar-refractivity contribution is -0.949. The lowest BCUT2D eigenvalue weighted by Crippen LogP contribution is -3.21. The van der Waals surface area contributed by atoms with Gasteiger partial charge in [-0.15, -0.1) is 0 Å². The summed E-state index contributed by atoms with van der Waals surface area (Å²) in [6, 6.07) is 7.42. The summed E-state index contributed by atoms with van der Waals surface area (Å²) < 4.78 is 10.7. The van der Waals surface area contributed by atoms with E-state index in [9.17, 15) is 5.11 Å². The number of hydrogen-bond donors (Lipinski definition) is 3. The van der Waals surface area contributed by atoms with E-state index in [4.69, 9.17) is 9.47 Å². The second-order valence-electron chi connectivity index (χ2n) is 4.96. The third-order valence-corrected chi connectivity index (χ3v) is 3.43. The molecule has 0 radical (unpaired) electrons. The normalized spacial score (nSPS) is 18.0. The number of nitrogens with two attached hydrogens (primary N) is 1. The first kappa shape index (κ1) is 14.1. The Hall–Kier alpha value is -1.30. The summed E-state index contributed by atoms with van der Waals surface area (Å²) in [6.45, 7) is 5.67. The van der Waals surface area contributed by atoms with Gasteiger partial charge in [0.25, 0.3) is 0 Å². The van der Waals surface area contributed by atoms with Crippen molar-refractivity contribution in [3.05, 3.63) is 24.3 Å². The smallest absolute Gasteiger partial charge is 0.137 e. The average molecular weight is 268 g/mol. The number of ether oxygens (including phenoxy) is 2. The topological polar surface area (TPSA) is 59.7 Å². The maximum Gasteiger partial charge on any atom is 0.137 e. The van der Waals surface area contributed by atoms with E-state index in [0.717, 1.165) is 44.2 Å². The number of quaternary nitrogens is 2. The van der Waals surface area contributed by atoms with Crippen molar-refractivity contribution in [1.82, 2.24) is 0 Å². The van der Waals surface area contributed by atoms with Crippen LogP contribution in [0.4, 0.5) is 0 Å².